The number of anilines is 1. The molecule has 5 nitrogen and oxygen atoms in total. The van der Waals surface area contributed by atoms with Crippen LogP contribution in [0.5, 0.6) is 0 Å². The minimum atomic E-state index is -0.267. The number of rotatable bonds is 3. The highest BCUT2D eigenvalue weighted by Crippen LogP contribution is 2.23. The fourth-order valence-corrected chi connectivity index (χ4v) is 2.69. The third-order valence-corrected chi connectivity index (χ3v) is 3.95. The molecule has 3 rings (SSSR count). The number of hydrogen-bond acceptors (Lipinski definition) is 4. The molecule has 1 aromatic carbocycles. The summed E-state index contributed by atoms with van der Waals surface area (Å²) in [5.74, 6) is 0.647. The van der Waals surface area contributed by atoms with Gasteiger partial charge in [-0.3, -0.25) is 4.79 Å². The molecule has 21 heavy (non-hydrogen) atoms. The van der Waals surface area contributed by atoms with Crippen LogP contribution in [0.3, 0.4) is 0 Å². The lowest BCUT2D eigenvalue weighted by Crippen LogP contribution is -2.32. The first-order valence-corrected chi connectivity index (χ1v) is 7.18. The number of nitrogens with zero attached hydrogens (tertiary/aromatic N) is 2. The molecule has 1 amide bonds. The van der Waals surface area contributed by atoms with Gasteiger partial charge in [0.1, 0.15) is 16.8 Å². The zero-order valence-corrected chi connectivity index (χ0v) is 12.5. The Morgan fingerprint density at radius 1 is 1.48 bits per heavy atom. The van der Waals surface area contributed by atoms with Crippen LogP contribution in [0.2, 0.25) is 0 Å². The maximum absolute atomic E-state index is 12.0. The number of fused-ring (bicyclic) bond motifs is 1. The highest BCUT2D eigenvalue weighted by atomic mass is 32.1. The number of likely N-dealkylation sites (N-methyl/N-ethyl adjacent to an activating group) is 1. The summed E-state index contributed by atoms with van der Waals surface area (Å²) in [6.45, 7) is 0.743. The van der Waals surface area contributed by atoms with Crippen LogP contribution in [-0.4, -0.2) is 40.4 Å². The zero-order chi connectivity index (χ0) is 15.0. The van der Waals surface area contributed by atoms with E-state index in [0.717, 1.165) is 23.9 Å². The first kappa shape index (κ1) is 13.8. The Bertz CT molecular complexity index is 731. The summed E-state index contributed by atoms with van der Waals surface area (Å²) < 4.78 is 0. The molecular weight excluding hydrogens is 284 g/mol. The number of nitrogens with one attached hydrogen (secondary N) is 1. The van der Waals surface area contributed by atoms with Crippen molar-refractivity contribution in [3.05, 3.63) is 35.9 Å². The lowest BCUT2D eigenvalue weighted by Gasteiger charge is -2.16. The van der Waals surface area contributed by atoms with Crippen molar-refractivity contribution in [1.29, 1.82) is 0 Å². The average Bonchev–Trinajstić information content (AvgIpc) is 2.78. The second-order valence-corrected chi connectivity index (χ2v) is 5.63. The number of thiocarbonyl (C=S) groups is 1. The Labute approximate surface area is 128 Å². The van der Waals surface area contributed by atoms with Crippen LogP contribution in [0.1, 0.15) is 12.0 Å². The van der Waals surface area contributed by atoms with Gasteiger partial charge in [-0.15, -0.1) is 0 Å². The van der Waals surface area contributed by atoms with Gasteiger partial charge in [0.2, 0.25) is 5.91 Å². The number of benzene rings is 1. The van der Waals surface area contributed by atoms with E-state index in [1.165, 1.54) is 0 Å². The molecule has 108 valence electrons. The van der Waals surface area contributed by atoms with Crippen LogP contribution < -0.4 is 11.1 Å². The molecule has 2 aromatic rings. The Hall–Kier alpha value is -2.21. The van der Waals surface area contributed by atoms with E-state index < -0.39 is 0 Å². The molecule has 2 heterocycles. The quantitative estimate of drug-likeness (QED) is 0.841. The molecule has 0 bridgehead atoms. The smallest absolute Gasteiger partial charge is 0.244 e. The van der Waals surface area contributed by atoms with Gasteiger partial charge in [0.05, 0.1) is 11.1 Å². The van der Waals surface area contributed by atoms with Crippen molar-refractivity contribution in [2.75, 3.05) is 18.9 Å². The average molecular weight is 300 g/mol. The van der Waals surface area contributed by atoms with E-state index in [-0.39, 0.29) is 16.9 Å². The van der Waals surface area contributed by atoms with E-state index >= 15 is 0 Å². The summed E-state index contributed by atoms with van der Waals surface area (Å²) in [6.07, 6.45) is 0.751. The first-order chi connectivity index (χ1) is 10.1. The molecule has 0 radical (unpaired) electrons. The van der Waals surface area contributed by atoms with Crippen molar-refractivity contribution in [2.24, 2.45) is 5.73 Å². The van der Waals surface area contributed by atoms with E-state index in [0.29, 0.717) is 11.4 Å². The third kappa shape index (κ3) is 2.54. The van der Waals surface area contributed by atoms with Crippen molar-refractivity contribution in [3.8, 4) is 0 Å². The lowest BCUT2D eigenvalue weighted by molar-refractivity contribution is -0.127. The van der Waals surface area contributed by atoms with Crippen LogP contribution in [-0.2, 0) is 4.79 Å². The Balaban J connectivity index is 2.02. The second-order valence-electron chi connectivity index (χ2n) is 5.19. The van der Waals surface area contributed by atoms with Crippen molar-refractivity contribution < 1.29 is 4.79 Å². The predicted molar refractivity (Wildman–Crippen MR) is 87.3 cm³/mol. The second kappa shape index (κ2) is 5.29. The van der Waals surface area contributed by atoms with Crippen LogP contribution in [0.25, 0.3) is 10.9 Å². The summed E-state index contributed by atoms with van der Waals surface area (Å²) in [5.41, 5.74) is 7.32. The highest BCUT2D eigenvalue weighted by molar-refractivity contribution is 7.80. The van der Waals surface area contributed by atoms with Gasteiger partial charge in [0.25, 0.3) is 0 Å². The van der Waals surface area contributed by atoms with Gasteiger partial charge in [-0.25, -0.2) is 4.98 Å². The SMILES string of the molecule is CN1CCC(Nc2nc3ccccc3cc2C(N)=S)C1=O. The van der Waals surface area contributed by atoms with Crippen molar-refractivity contribution in [2.45, 2.75) is 12.5 Å². The first-order valence-electron chi connectivity index (χ1n) is 6.77. The number of nitrogens with two attached hydrogens (primary N) is 1. The highest BCUT2D eigenvalue weighted by Gasteiger charge is 2.29. The van der Waals surface area contributed by atoms with Crippen molar-refractivity contribution >= 4 is 39.8 Å². The fourth-order valence-electron chi connectivity index (χ4n) is 2.54. The van der Waals surface area contributed by atoms with Gasteiger partial charge in [-0.2, -0.15) is 0 Å². The summed E-state index contributed by atoms with van der Waals surface area (Å²) in [5, 5.41) is 4.17. The van der Waals surface area contributed by atoms with Gasteiger partial charge in [0.15, 0.2) is 0 Å². The van der Waals surface area contributed by atoms with Crippen molar-refractivity contribution in [3.63, 3.8) is 0 Å². The number of aromatic nitrogens is 1. The number of carbonyl (C=O) groups is 1. The molecular formula is C15H16N4OS. The maximum atomic E-state index is 12.0. The zero-order valence-electron chi connectivity index (χ0n) is 11.7. The van der Waals surface area contributed by atoms with E-state index in [1.54, 1.807) is 11.9 Å². The van der Waals surface area contributed by atoms with Crippen molar-refractivity contribution in [1.82, 2.24) is 9.88 Å². The third-order valence-electron chi connectivity index (χ3n) is 3.73. The summed E-state index contributed by atoms with van der Waals surface area (Å²) >= 11 is 5.11. The van der Waals surface area contributed by atoms with Crippen LogP contribution in [0.4, 0.5) is 5.82 Å². The van der Waals surface area contributed by atoms with E-state index in [1.807, 2.05) is 30.3 Å². The van der Waals surface area contributed by atoms with E-state index in [9.17, 15) is 4.79 Å². The normalized spacial score (nSPS) is 18.2. The maximum Gasteiger partial charge on any atom is 0.244 e. The molecule has 0 aliphatic carbocycles. The van der Waals surface area contributed by atoms with Crippen LogP contribution in [0, 0.1) is 0 Å². The number of amides is 1. The van der Waals surface area contributed by atoms with Gasteiger partial charge in [0, 0.05) is 19.0 Å². The summed E-state index contributed by atoms with van der Waals surface area (Å²) in [6, 6.07) is 9.39. The lowest BCUT2D eigenvalue weighted by atomic mass is 10.1. The molecule has 1 aromatic heterocycles. The van der Waals surface area contributed by atoms with Crippen LogP contribution in [0.15, 0.2) is 30.3 Å². The largest absolute Gasteiger partial charge is 0.389 e. The van der Waals surface area contributed by atoms with Gasteiger partial charge in [-0.05, 0) is 18.6 Å². The van der Waals surface area contributed by atoms with E-state index in [2.05, 4.69) is 10.3 Å². The van der Waals surface area contributed by atoms with E-state index in [4.69, 9.17) is 18.0 Å². The van der Waals surface area contributed by atoms with Gasteiger partial charge >= 0.3 is 0 Å². The van der Waals surface area contributed by atoms with Gasteiger partial charge < -0.3 is 16.0 Å². The minimum absolute atomic E-state index is 0.0684. The number of para-hydroxylation sites is 1. The molecule has 3 N–H and O–H groups in total. The monoisotopic (exact) mass is 300 g/mol. The fraction of sp³-hybridized carbons (Fsp3) is 0.267. The topological polar surface area (TPSA) is 71.2 Å². The number of pyridine rings is 1. The standard InChI is InChI=1S/C15H16N4OS/c1-19-7-6-12(15(19)20)18-14-10(13(16)21)8-9-4-2-3-5-11(9)17-14/h2-5,8,12H,6-7H2,1H3,(H2,16,21)(H,17,18). The molecule has 1 unspecified atom stereocenters. The predicted octanol–water partition coefficient (Wildman–Crippen LogP) is 1.51. The molecule has 1 aliphatic heterocycles. The van der Waals surface area contributed by atoms with Gasteiger partial charge in [-0.1, -0.05) is 30.4 Å². The molecule has 6 heteroatoms. The Kier molecular flexibility index (Phi) is 3.47. The minimum Gasteiger partial charge on any atom is -0.389 e. The molecule has 1 saturated heterocycles. The summed E-state index contributed by atoms with van der Waals surface area (Å²) in [4.78, 5) is 18.6. The number of carbonyl (C=O) groups excluding carboxylic acids is 1. The Morgan fingerprint density at radius 3 is 2.90 bits per heavy atom. The molecule has 1 atom stereocenters. The van der Waals surface area contributed by atoms with Crippen LogP contribution >= 0.6 is 12.2 Å². The number of likely N-dealkylation sites (tertiary alicyclic amines) is 1. The molecule has 0 spiro atoms. The molecule has 0 saturated carbocycles. The molecule has 1 aliphatic rings. The Morgan fingerprint density at radius 2 is 2.24 bits per heavy atom. The number of hydrogen-bond donors (Lipinski definition) is 2. The molecule has 1 fully saturated rings. The summed E-state index contributed by atoms with van der Waals surface area (Å²) in [7, 11) is 1.80.